The van der Waals surface area contributed by atoms with E-state index in [0.717, 1.165) is 27.9 Å². The number of carboxylic acids is 1. The fourth-order valence-electron chi connectivity index (χ4n) is 4.18. The van der Waals surface area contributed by atoms with Gasteiger partial charge in [0.05, 0.1) is 18.1 Å². The molecule has 0 radical (unpaired) electrons. The van der Waals surface area contributed by atoms with Crippen molar-refractivity contribution in [1.29, 1.82) is 0 Å². The number of nitrogens with one attached hydrogen (secondary N) is 1. The molecule has 0 saturated heterocycles. The average molecular weight is 542 g/mol. The molecular formula is C31H31N3O4S. The summed E-state index contributed by atoms with van der Waals surface area (Å²) in [5.74, 6) is 0.343. The molecule has 1 aromatic heterocycles. The molecule has 39 heavy (non-hydrogen) atoms. The third-order valence-corrected chi connectivity index (χ3v) is 6.94. The van der Waals surface area contributed by atoms with Crippen LogP contribution in [0.5, 0.6) is 11.6 Å². The number of nitrogens with zero attached hydrogens (tertiary/aromatic N) is 2. The van der Waals surface area contributed by atoms with E-state index in [1.165, 1.54) is 0 Å². The number of thioether (sulfide) groups is 1. The van der Waals surface area contributed by atoms with E-state index in [1.54, 1.807) is 30.2 Å². The van der Waals surface area contributed by atoms with Crippen molar-refractivity contribution in [3.05, 3.63) is 108 Å². The Kier molecular flexibility index (Phi) is 9.69. The molecule has 0 fully saturated rings. The maximum absolute atomic E-state index is 13.3. The Bertz CT molecular complexity index is 1410. The molecule has 4 aromatic rings. The van der Waals surface area contributed by atoms with Crippen molar-refractivity contribution in [2.75, 3.05) is 12.0 Å². The van der Waals surface area contributed by atoms with Crippen LogP contribution in [0.2, 0.25) is 0 Å². The first-order chi connectivity index (χ1) is 18.9. The maximum Gasteiger partial charge on any atom is 0.326 e. The van der Waals surface area contributed by atoms with Crippen LogP contribution in [-0.4, -0.2) is 45.0 Å². The molecule has 0 spiro atoms. The summed E-state index contributed by atoms with van der Waals surface area (Å²) in [4.78, 5) is 33.9. The number of ether oxygens (including phenoxy) is 1. The van der Waals surface area contributed by atoms with Gasteiger partial charge in [-0.2, -0.15) is 11.8 Å². The topological polar surface area (TPSA) is 101 Å². The molecule has 1 heterocycles. The van der Waals surface area contributed by atoms with Crippen LogP contribution in [0.4, 0.5) is 0 Å². The lowest BCUT2D eigenvalue weighted by molar-refractivity contribution is -0.139. The molecule has 0 aliphatic rings. The highest BCUT2D eigenvalue weighted by Crippen LogP contribution is 2.29. The van der Waals surface area contributed by atoms with Crippen molar-refractivity contribution >= 4 is 23.6 Å². The summed E-state index contributed by atoms with van der Waals surface area (Å²) < 4.78 is 5.72. The average Bonchev–Trinajstić information content (AvgIpc) is 2.95. The second-order valence-corrected chi connectivity index (χ2v) is 10.1. The Morgan fingerprint density at radius 3 is 2.41 bits per heavy atom. The van der Waals surface area contributed by atoms with Gasteiger partial charge in [-0.25, -0.2) is 9.78 Å². The van der Waals surface area contributed by atoms with Crippen molar-refractivity contribution in [1.82, 2.24) is 15.3 Å². The number of para-hydroxylation sites is 1. The minimum absolute atomic E-state index is 0.357. The van der Waals surface area contributed by atoms with E-state index in [-0.39, 0.29) is 0 Å². The second kappa shape index (κ2) is 13.6. The zero-order valence-corrected chi connectivity index (χ0v) is 22.8. The van der Waals surface area contributed by atoms with Gasteiger partial charge in [-0.15, -0.1) is 0 Å². The SMILES string of the molecule is CSCC[C@H](NC(=O)c1ccc(CCc2cnc(Oc3ccccc3)cn2)cc1-c1ccccc1C)C(=O)O. The number of carbonyl (C=O) groups excluding carboxylic acids is 1. The maximum atomic E-state index is 13.3. The summed E-state index contributed by atoms with van der Waals surface area (Å²) in [7, 11) is 0. The monoisotopic (exact) mass is 541 g/mol. The van der Waals surface area contributed by atoms with E-state index in [2.05, 4.69) is 15.3 Å². The van der Waals surface area contributed by atoms with Gasteiger partial charge in [-0.1, -0.05) is 54.6 Å². The van der Waals surface area contributed by atoms with Crippen molar-refractivity contribution in [3.63, 3.8) is 0 Å². The molecule has 4 rings (SSSR count). The van der Waals surface area contributed by atoms with Crippen molar-refractivity contribution in [3.8, 4) is 22.8 Å². The molecule has 0 aliphatic carbocycles. The van der Waals surface area contributed by atoms with Crippen LogP contribution in [0.1, 0.15) is 33.6 Å². The Morgan fingerprint density at radius 1 is 0.949 bits per heavy atom. The zero-order chi connectivity index (χ0) is 27.6. The Morgan fingerprint density at radius 2 is 1.72 bits per heavy atom. The quantitative estimate of drug-likeness (QED) is 0.228. The summed E-state index contributed by atoms with van der Waals surface area (Å²) in [5.41, 5.74) is 5.05. The second-order valence-electron chi connectivity index (χ2n) is 9.10. The summed E-state index contributed by atoms with van der Waals surface area (Å²) in [5, 5.41) is 12.3. The fraction of sp³-hybridized carbons (Fsp3) is 0.226. The summed E-state index contributed by atoms with van der Waals surface area (Å²) in [6, 6.07) is 22.1. The van der Waals surface area contributed by atoms with Gasteiger partial charge in [0.15, 0.2) is 0 Å². The molecule has 1 atom stereocenters. The van der Waals surface area contributed by atoms with E-state index in [4.69, 9.17) is 4.74 Å². The van der Waals surface area contributed by atoms with Gasteiger partial charge in [0.25, 0.3) is 5.91 Å². The highest BCUT2D eigenvalue weighted by molar-refractivity contribution is 7.98. The smallest absolute Gasteiger partial charge is 0.326 e. The molecule has 0 bridgehead atoms. The lowest BCUT2D eigenvalue weighted by Crippen LogP contribution is -2.41. The molecule has 200 valence electrons. The van der Waals surface area contributed by atoms with E-state index in [9.17, 15) is 14.7 Å². The number of aliphatic carboxylic acids is 1. The molecule has 3 aromatic carbocycles. The number of aryl methyl sites for hydroxylation is 3. The number of benzene rings is 3. The number of rotatable bonds is 12. The van der Waals surface area contributed by atoms with Crippen LogP contribution in [0.15, 0.2) is 85.2 Å². The molecule has 1 amide bonds. The van der Waals surface area contributed by atoms with Gasteiger partial charge in [0.1, 0.15) is 11.8 Å². The van der Waals surface area contributed by atoms with Crippen LogP contribution < -0.4 is 10.1 Å². The normalized spacial score (nSPS) is 11.5. The molecule has 0 aliphatic heterocycles. The van der Waals surface area contributed by atoms with Crippen LogP contribution >= 0.6 is 11.8 Å². The first kappa shape index (κ1) is 27.9. The Balaban J connectivity index is 1.52. The summed E-state index contributed by atoms with van der Waals surface area (Å²) in [6.07, 6.45) is 6.95. The molecule has 0 unspecified atom stereocenters. The minimum Gasteiger partial charge on any atom is -0.480 e. The number of amides is 1. The number of carbonyl (C=O) groups is 2. The fourth-order valence-corrected chi connectivity index (χ4v) is 4.65. The zero-order valence-electron chi connectivity index (χ0n) is 22.0. The van der Waals surface area contributed by atoms with Gasteiger partial charge in [0.2, 0.25) is 5.88 Å². The standard InChI is InChI=1S/C31H31N3O4S/c1-21-8-6-7-11-25(21)27-18-22(13-15-26(27)30(35)34-28(31(36)37)16-17-39-2)12-14-23-19-33-29(20-32-23)38-24-9-4-3-5-10-24/h3-11,13,15,18-20,28H,12,14,16-17H2,1-2H3,(H,34,35)(H,36,37)/t28-/m0/s1. The van der Waals surface area contributed by atoms with Crippen LogP contribution in [0.25, 0.3) is 11.1 Å². The van der Waals surface area contributed by atoms with E-state index < -0.39 is 17.9 Å². The summed E-state index contributed by atoms with van der Waals surface area (Å²) in [6.45, 7) is 2.00. The molecule has 2 N–H and O–H groups in total. The Hall–Kier alpha value is -4.17. The van der Waals surface area contributed by atoms with Gasteiger partial charge >= 0.3 is 5.97 Å². The lowest BCUT2D eigenvalue weighted by Gasteiger charge is -2.17. The van der Waals surface area contributed by atoms with Crippen LogP contribution in [0, 0.1) is 6.92 Å². The van der Waals surface area contributed by atoms with Crippen molar-refractivity contribution in [2.24, 2.45) is 0 Å². The summed E-state index contributed by atoms with van der Waals surface area (Å²) >= 11 is 1.55. The number of hydrogen-bond donors (Lipinski definition) is 2. The number of hydrogen-bond acceptors (Lipinski definition) is 6. The first-order valence-electron chi connectivity index (χ1n) is 12.7. The predicted molar refractivity (Wildman–Crippen MR) is 154 cm³/mol. The van der Waals surface area contributed by atoms with Crippen LogP contribution in [0.3, 0.4) is 0 Å². The van der Waals surface area contributed by atoms with Gasteiger partial charge in [-0.05, 0) is 78.6 Å². The lowest BCUT2D eigenvalue weighted by atomic mass is 9.92. The highest BCUT2D eigenvalue weighted by atomic mass is 32.2. The molecular weight excluding hydrogens is 510 g/mol. The van der Waals surface area contributed by atoms with Crippen molar-refractivity contribution < 1.29 is 19.4 Å². The van der Waals surface area contributed by atoms with Crippen LogP contribution in [-0.2, 0) is 17.6 Å². The Labute approximate surface area is 232 Å². The largest absolute Gasteiger partial charge is 0.480 e. The molecule has 8 heteroatoms. The van der Waals surface area contributed by atoms with E-state index in [1.807, 2.05) is 79.9 Å². The van der Waals surface area contributed by atoms with Gasteiger partial charge < -0.3 is 15.2 Å². The third-order valence-electron chi connectivity index (χ3n) is 6.29. The predicted octanol–water partition coefficient (Wildman–Crippen LogP) is 5.97. The highest BCUT2D eigenvalue weighted by Gasteiger charge is 2.22. The number of carboxylic acid groups (broad SMARTS) is 1. The number of aromatic nitrogens is 2. The first-order valence-corrected chi connectivity index (χ1v) is 14.1. The minimum atomic E-state index is -1.03. The van der Waals surface area contributed by atoms with Gasteiger partial charge in [-0.3, -0.25) is 9.78 Å². The third kappa shape index (κ3) is 7.67. The van der Waals surface area contributed by atoms with E-state index >= 15 is 0 Å². The van der Waals surface area contributed by atoms with Gasteiger partial charge in [0, 0.05) is 5.56 Å². The van der Waals surface area contributed by atoms with E-state index in [0.29, 0.717) is 42.2 Å². The van der Waals surface area contributed by atoms with Crippen molar-refractivity contribution in [2.45, 2.75) is 32.2 Å². The molecule has 7 nitrogen and oxygen atoms in total. The molecule has 0 saturated carbocycles.